The number of carbonyl (C=O) groups is 1. The van der Waals surface area contributed by atoms with Gasteiger partial charge in [0.15, 0.2) is 0 Å². The van der Waals surface area contributed by atoms with Crippen LogP contribution in [-0.2, 0) is 9.53 Å². The average Bonchev–Trinajstić information content (AvgIpc) is 2.53. The Bertz CT molecular complexity index is 233. The first kappa shape index (κ1) is 8.74. The summed E-state index contributed by atoms with van der Waals surface area (Å²) in [6.45, 7) is 0. The quantitative estimate of drug-likeness (QED) is 0.581. The smallest absolute Gasteiger partial charge is 0.324 e. The molecule has 0 aromatic carbocycles. The molecule has 0 aliphatic rings. The van der Waals surface area contributed by atoms with Gasteiger partial charge in [-0.15, -0.1) is 0 Å². The molecule has 0 N–H and O–H groups in total. The Balaban J connectivity index is 2.70. The number of ether oxygens (including phenoxy) is 1. The number of esters is 1. The van der Waals surface area contributed by atoms with Crippen LogP contribution in [0.4, 0.5) is 0 Å². The van der Waals surface area contributed by atoms with Crippen LogP contribution >= 0.6 is 27.3 Å². The van der Waals surface area contributed by atoms with Crippen LogP contribution in [-0.4, -0.2) is 13.1 Å². The molecule has 1 aromatic rings. The lowest BCUT2D eigenvalue weighted by Crippen LogP contribution is -2.06. The fourth-order valence-electron chi connectivity index (χ4n) is 0.659. The highest BCUT2D eigenvalue weighted by atomic mass is 79.9. The third-order valence-electron chi connectivity index (χ3n) is 1.24. The normalized spacial score (nSPS) is 12.5. The van der Waals surface area contributed by atoms with Gasteiger partial charge in [-0.2, -0.15) is 11.3 Å². The Labute approximate surface area is 77.3 Å². The summed E-state index contributed by atoms with van der Waals surface area (Å²) in [4.78, 5) is 10.6. The van der Waals surface area contributed by atoms with Gasteiger partial charge in [0.25, 0.3) is 0 Å². The first-order valence-corrected chi connectivity index (χ1v) is 4.85. The molecule has 0 saturated carbocycles. The standard InChI is InChI=1S/C7H7BrO2S/c1-10-7(9)6(8)5-2-3-11-4-5/h2-4,6H,1H3/t6-/m1/s1. The summed E-state index contributed by atoms with van der Waals surface area (Å²) >= 11 is 4.78. The number of rotatable bonds is 2. The van der Waals surface area contributed by atoms with Crippen molar-refractivity contribution in [2.24, 2.45) is 0 Å². The van der Waals surface area contributed by atoms with Crippen LogP contribution < -0.4 is 0 Å². The molecule has 0 aliphatic heterocycles. The fraction of sp³-hybridized carbons (Fsp3) is 0.286. The Morgan fingerprint density at radius 1 is 1.82 bits per heavy atom. The van der Waals surface area contributed by atoms with Crippen LogP contribution in [0.1, 0.15) is 10.4 Å². The van der Waals surface area contributed by atoms with Gasteiger partial charge in [-0.25, -0.2) is 0 Å². The first-order valence-electron chi connectivity index (χ1n) is 2.99. The molecule has 0 unspecified atom stereocenters. The number of hydrogen-bond acceptors (Lipinski definition) is 3. The van der Waals surface area contributed by atoms with E-state index in [0.717, 1.165) is 5.56 Å². The molecule has 0 bridgehead atoms. The fourth-order valence-corrected chi connectivity index (χ4v) is 1.99. The zero-order chi connectivity index (χ0) is 8.27. The van der Waals surface area contributed by atoms with Crippen molar-refractivity contribution in [3.05, 3.63) is 22.4 Å². The van der Waals surface area contributed by atoms with Crippen molar-refractivity contribution in [3.63, 3.8) is 0 Å². The molecular formula is C7H7BrO2S. The van der Waals surface area contributed by atoms with E-state index in [4.69, 9.17) is 0 Å². The molecule has 1 atom stereocenters. The number of methoxy groups -OCH3 is 1. The van der Waals surface area contributed by atoms with Gasteiger partial charge in [0.2, 0.25) is 0 Å². The van der Waals surface area contributed by atoms with Crippen molar-refractivity contribution in [2.45, 2.75) is 4.83 Å². The van der Waals surface area contributed by atoms with Crippen molar-refractivity contribution in [1.82, 2.24) is 0 Å². The van der Waals surface area contributed by atoms with E-state index in [1.807, 2.05) is 16.8 Å². The van der Waals surface area contributed by atoms with Crippen molar-refractivity contribution >= 4 is 33.2 Å². The lowest BCUT2D eigenvalue weighted by Gasteiger charge is -2.03. The third-order valence-corrected chi connectivity index (χ3v) is 2.85. The van der Waals surface area contributed by atoms with Crippen molar-refractivity contribution < 1.29 is 9.53 Å². The minimum absolute atomic E-state index is 0.261. The minimum Gasteiger partial charge on any atom is -0.468 e. The zero-order valence-electron chi connectivity index (χ0n) is 5.91. The van der Waals surface area contributed by atoms with E-state index in [0.29, 0.717) is 0 Å². The summed E-state index contributed by atoms with van der Waals surface area (Å²) in [5, 5.41) is 3.84. The van der Waals surface area contributed by atoms with Crippen LogP contribution in [0.2, 0.25) is 0 Å². The van der Waals surface area contributed by atoms with Gasteiger partial charge in [0, 0.05) is 0 Å². The molecular weight excluding hydrogens is 228 g/mol. The van der Waals surface area contributed by atoms with Gasteiger partial charge < -0.3 is 4.74 Å². The molecule has 0 fully saturated rings. The summed E-state index contributed by atoms with van der Waals surface area (Å²) in [6, 6.07) is 1.89. The predicted molar refractivity (Wildman–Crippen MR) is 48.0 cm³/mol. The molecule has 1 rings (SSSR count). The Kier molecular flexibility index (Phi) is 3.08. The van der Waals surface area contributed by atoms with Gasteiger partial charge in [-0.1, -0.05) is 15.9 Å². The van der Waals surface area contributed by atoms with Gasteiger partial charge in [0.1, 0.15) is 4.83 Å². The Morgan fingerprint density at radius 2 is 2.55 bits per heavy atom. The summed E-state index contributed by atoms with van der Waals surface area (Å²) in [5.41, 5.74) is 0.946. The molecule has 0 amide bonds. The Morgan fingerprint density at radius 3 is 3.00 bits per heavy atom. The van der Waals surface area contributed by atoms with E-state index in [9.17, 15) is 4.79 Å². The lowest BCUT2D eigenvalue weighted by atomic mass is 10.2. The molecule has 60 valence electrons. The number of halogens is 1. The van der Waals surface area contributed by atoms with Crippen molar-refractivity contribution in [1.29, 1.82) is 0 Å². The third kappa shape index (κ3) is 2.04. The SMILES string of the molecule is COC(=O)[C@H](Br)c1ccsc1. The van der Waals surface area contributed by atoms with Crippen LogP contribution in [0.5, 0.6) is 0 Å². The van der Waals surface area contributed by atoms with Gasteiger partial charge in [-0.05, 0) is 22.4 Å². The van der Waals surface area contributed by atoms with Gasteiger partial charge in [-0.3, -0.25) is 4.79 Å². The van der Waals surface area contributed by atoms with Gasteiger partial charge in [0.05, 0.1) is 7.11 Å². The molecule has 11 heavy (non-hydrogen) atoms. The molecule has 1 heterocycles. The van der Waals surface area contributed by atoms with Crippen LogP contribution in [0.3, 0.4) is 0 Å². The number of thiophene rings is 1. The second-order valence-electron chi connectivity index (χ2n) is 1.94. The molecule has 2 nitrogen and oxygen atoms in total. The highest BCUT2D eigenvalue weighted by Crippen LogP contribution is 2.25. The second-order valence-corrected chi connectivity index (χ2v) is 3.64. The van der Waals surface area contributed by atoms with Crippen LogP contribution in [0, 0.1) is 0 Å². The van der Waals surface area contributed by atoms with Crippen molar-refractivity contribution in [2.75, 3.05) is 7.11 Å². The summed E-state index contributed by atoms with van der Waals surface area (Å²) in [5.74, 6) is -0.261. The summed E-state index contributed by atoms with van der Waals surface area (Å²) in [7, 11) is 1.38. The van der Waals surface area contributed by atoms with Crippen molar-refractivity contribution in [3.8, 4) is 0 Å². The summed E-state index contributed by atoms with van der Waals surface area (Å²) in [6.07, 6.45) is 0. The van der Waals surface area contributed by atoms with E-state index in [-0.39, 0.29) is 10.8 Å². The monoisotopic (exact) mass is 234 g/mol. The lowest BCUT2D eigenvalue weighted by molar-refractivity contribution is -0.139. The van der Waals surface area contributed by atoms with E-state index >= 15 is 0 Å². The van der Waals surface area contributed by atoms with E-state index in [1.54, 1.807) is 11.3 Å². The largest absolute Gasteiger partial charge is 0.468 e. The van der Waals surface area contributed by atoms with E-state index < -0.39 is 0 Å². The van der Waals surface area contributed by atoms with E-state index in [1.165, 1.54) is 7.11 Å². The first-order chi connectivity index (χ1) is 5.25. The zero-order valence-corrected chi connectivity index (χ0v) is 8.31. The average molecular weight is 235 g/mol. The Hall–Kier alpha value is -0.350. The maximum absolute atomic E-state index is 10.9. The minimum atomic E-state index is -0.321. The molecule has 4 heteroatoms. The highest BCUT2D eigenvalue weighted by molar-refractivity contribution is 9.09. The summed E-state index contributed by atoms with van der Waals surface area (Å²) < 4.78 is 4.55. The highest BCUT2D eigenvalue weighted by Gasteiger charge is 2.17. The van der Waals surface area contributed by atoms with Crippen LogP contribution in [0.25, 0.3) is 0 Å². The second kappa shape index (κ2) is 3.88. The van der Waals surface area contributed by atoms with E-state index in [2.05, 4.69) is 20.7 Å². The number of alkyl halides is 1. The molecule has 1 aromatic heterocycles. The van der Waals surface area contributed by atoms with Gasteiger partial charge >= 0.3 is 5.97 Å². The number of hydrogen-bond donors (Lipinski definition) is 0. The molecule has 0 aliphatic carbocycles. The maximum atomic E-state index is 10.9. The van der Waals surface area contributed by atoms with Crippen LogP contribution in [0.15, 0.2) is 16.8 Å². The predicted octanol–water partition coefficient (Wildman–Crippen LogP) is 2.36. The maximum Gasteiger partial charge on any atom is 0.324 e. The topological polar surface area (TPSA) is 26.3 Å². The molecule has 0 saturated heterocycles. The number of carbonyl (C=O) groups excluding carboxylic acids is 1. The molecule has 0 radical (unpaired) electrons. The molecule has 0 spiro atoms.